The number of rotatable bonds is 3. The van der Waals surface area contributed by atoms with Crippen molar-refractivity contribution >= 4 is 32.7 Å². The molecule has 0 amide bonds. The number of anilines is 1. The number of hydrogen-bond acceptors (Lipinski definition) is 3. The van der Waals surface area contributed by atoms with Gasteiger partial charge < -0.3 is 5.32 Å². The molecule has 0 aliphatic carbocycles. The highest BCUT2D eigenvalue weighted by atomic mass is 79.9. The second-order valence-corrected chi connectivity index (χ2v) is 5.16. The third kappa shape index (κ3) is 3.79. The van der Waals surface area contributed by atoms with E-state index in [0.29, 0.717) is 16.7 Å². The molecule has 3 nitrogen and oxygen atoms in total. The fourth-order valence-electron chi connectivity index (χ4n) is 1.79. The van der Waals surface area contributed by atoms with Crippen LogP contribution in [0.1, 0.15) is 13.3 Å². The van der Waals surface area contributed by atoms with Crippen LogP contribution >= 0.6 is 15.9 Å². The van der Waals surface area contributed by atoms with E-state index in [0.717, 1.165) is 4.47 Å². The lowest BCUT2D eigenvalue weighted by molar-refractivity contribution is -0.136. The minimum atomic E-state index is -4.19. The smallest absolute Gasteiger partial charge is 0.380 e. The van der Waals surface area contributed by atoms with Gasteiger partial charge in [-0.1, -0.05) is 0 Å². The predicted molar refractivity (Wildman–Crippen MR) is 71.0 cm³/mol. The molecule has 0 saturated carbocycles. The molecule has 0 fully saturated rings. The number of hydrogen-bond donors (Lipinski definition) is 1. The Labute approximate surface area is 116 Å². The fourth-order valence-corrected chi connectivity index (χ4v) is 2.10. The van der Waals surface area contributed by atoms with Gasteiger partial charge in [0.15, 0.2) is 0 Å². The summed E-state index contributed by atoms with van der Waals surface area (Å²) in [6, 6.07) is 2.66. The SMILES string of the molecule is CC(CC(F)(F)F)Nc1ccnc2cc(Br)cnc12. The second kappa shape index (κ2) is 5.32. The average Bonchev–Trinajstić information content (AvgIpc) is 2.26. The first-order chi connectivity index (χ1) is 8.85. The average molecular weight is 334 g/mol. The topological polar surface area (TPSA) is 37.8 Å². The summed E-state index contributed by atoms with van der Waals surface area (Å²) >= 11 is 3.28. The van der Waals surface area contributed by atoms with Crippen LogP contribution in [0.4, 0.5) is 18.9 Å². The lowest BCUT2D eigenvalue weighted by atomic mass is 10.2. The molecule has 0 aliphatic rings. The van der Waals surface area contributed by atoms with Crippen molar-refractivity contribution in [3.8, 4) is 0 Å². The van der Waals surface area contributed by atoms with Gasteiger partial charge in [-0.3, -0.25) is 9.97 Å². The van der Waals surface area contributed by atoms with Crippen LogP contribution in [0.5, 0.6) is 0 Å². The zero-order valence-electron chi connectivity index (χ0n) is 10.0. The lowest BCUT2D eigenvalue weighted by Crippen LogP contribution is -2.24. The van der Waals surface area contributed by atoms with Gasteiger partial charge in [0.1, 0.15) is 5.52 Å². The van der Waals surface area contributed by atoms with E-state index in [1.807, 2.05) is 0 Å². The highest BCUT2D eigenvalue weighted by molar-refractivity contribution is 9.10. The lowest BCUT2D eigenvalue weighted by Gasteiger charge is -2.17. The monoisotopic (exact) mass is 333 g/mol. The number of halogens is 4. The van der Waals surface area contributed by atoms with E-state index in [1.54, 1.807) is 24.5 Å². The largest absolute Gasteiger partial charge is 0.391 e. The summed E-state index contributed by atoms with van der Waals surface area (Å²) in [5.41, 5.74) is 1.73. The van der Waals surface area contributed by atoms with Gasteiger partial charge in [0.25, 0.3) is 0 Å². The standard InChI is InChI=1S/C12H11BrF3N3/c1-7(5-12(14,15)16)19-9-2-3-17-10-4-8(13)6-18-11(9)10/h2-4,6-7H,5H2,1H3,(H,17,19). The van der Waals surface area contributed by atoms with E-state index in [4.69, 9.17) is 0 Å². The molecule has 19 heavy (non-hydrogen) atoms. The minimum Gasteiger partial charge on any atom is -0.380 e. The number of alkyl halides is 3. The Hall–Kier alpha value is -1.37. The maximum absolute atomic E-state index is 12.3. The quantitative estimate of drug-likeness (QED) is 0.917. The Kier molecular flexibility index (Phi) is 3.93. The molecule has 0 saturated heterocycles. The first-order valence-electron chi connectivity index (χ1n) is 5.59. The molecule has 7 heteroatoms. The molecule has 2 heterocycles. The van der Waals surface area contributed by atoms with Crippen LogP contribution in [0, 0.1) is 0 Å². The summed E-state index contributed by atoms with van der Waals surface area (Å²) in [5, 5.41) is 2.82. The zero-order valence-corrected chi connectivity index (χ0v) is 11.6. The first-order valence-corrected chi connectivity index (χ1v) is 6.38. The van der Waals surface area contributed by atoms with Crippen molar-refractivity contribution in [2.75, 3.05) is 5.32 Å². The predicted octanol–water partition coefficient (Wildman–Crippen LogP) is 4.15. The summed E-state index contributed by atoms with van der Waals surface area (Å²) in [4.78, 5) is 8.31. The summed E-state index contributed by atoms with van der Waals surface area (Å²) in [6.07, 6.45) is -1.96. The molecule has 1 atom stereocenters. The van der Waals surface area contributed by atoms with Crippen molar-refractivity contribution < 1.29 is 13.2 Å². The molecule has 0 spiro atoms. The van der Waals surface area contributed by atoms with E-state index in [9.17, 15) is 13.2 Å². The van der Waals surface area contributed by atoms with Crippen molar-refractivity contribution in [3.63, 3.8) is 0 Å². The van der Waals surface area contributed by atoms with Crippen LogP contribution in [0.15, 0.2) is 29.0 Å². The molecule has 102 valence electrons. The van der Waals surface area contributed by atoms with Crippen LogP contribution < -0.4 is 5.32 Å². The Balaban J connectivity index is 2.26. The first kappa shape index (κ1) is 14.0. The van der Waals surface area contributed by atoms with Gasteiger partial charge in [0.2, 0.25) is 0 Å². The van der Waals surface area contributed by atoms with Gasteiger partial charge in [-0.2, -0.15) is 13.2 Å². The summed E-state index contributed by atoms with van der Waals surface area (Å²) in [6.45, 7) is 1.48. The van der Waals surface area contributed by atoms with E-state index >= 15 is 0 Å². The van der Waals surface area contributed by atoms with Crippen molar-refractivity contribution in [1.82, 2.24) is 9.97 Å². The van der Waals surface area contributed by atoms with Crippen LogP contribution in [0.25, 0.3) is 11.0 Å². The Morgan fingerprint density at radius 3 is 2.79 bits per heavy atom. The van der Waals surface area contributed by atoms with Crippen LogP contribution in [0.3, 0.4) is 0 Å². The third-order valence-electron chi connectivity index (χ3n) is 2.48. The van der Waals surface area contributed by atoms with Gasteiger partial charge >= 0.3 is 6.18 Å². The molecular formula is C12H11BrF3N3. The second-order valence-electron chi connectivity index (χ2n) is 4.24. The zero-order chi connectivity index (χ0) is 14.0. The summed E-state index contributed by atoms with van der Waals surface area (Å²) in [7, 11) is 0. The van der Waals surface area contributed by atoms with E-state index < -0.39 is 18.6 Å². The maximum atomic E-state index is 12.3. The highest BCUT2D eigenvalue weighted by Gasteiger charge is 2.30. The molecule has 1 N–H and O–H groups in total. The van der Waals surface area contributed by atoms with E-state index in [-0.39, 0.29) is 0 Å². The third-order valence-corrected chi connectivity index (χ3v) is 2.92. The van der Waals surface area contributed by atoms with Crippen molar-refractivity contribution in [2.24, 2.45) is 0 Å². The molecule has 0 aliphatic heterocycles. The van der Waals surface area contributed by atoms with E-state index in [1.165, 1.54) is 6.92 Å². The number of fused-ring (bicyclic) bond motifs is 1. The van der Waals surface area contributed by atoms with Crippen LogP contribution in [0.2, 0.25) is 0 Å². The highest BCUT2D eigenvalue weighted by Crippen LogP contribution is 2.26. The number of nitrogens with zero attached hydrogens (tertiary/aromatic N) is 2. The summed E-state index contributed by atoms with van der Waals surface area (Å²) in [5.74, 6) is 0. The van der Waals surface area contributed by atoms with Gasteiger partial charge in [0.05, 0.1) is 17.6 Å². The Morgan fingerprint density at radius 2 is 2.11 bits per heavy atom. The van der Waals surface area contributed by atoms with E-state index in [2.05, 4.69) is 31.2 Å². The molecule has 0 bridgehead atoms. The number of pyridine rings is 2. The van der Waals surface area contributed by atoms with Gasteiger partial charge in [-0.05, 0) is 35.0 Å². The van der Waals surface area contributed by atoms with Crippen LogP contribution in [-0.2, 0) is 0 Å². The molecule has 2 rings (SSSR count). The normalized spacial score (nSPS) is 13.5. The molecule has 2 aromatic rings. The Bertz CT molecular complexity index is 586. The van der Waals surface area contributed by atoms with Gasteiger partial charge in [-0.25, -0.2) is 0 Å². The number of nitrogens with one attached hydrogen (secondary N) is 1. The van der Waals surface area contributed by atoms with Crippen LogP contribution in [-0.4, -0.2) is 22.2 Å². The van der Waals surface area contributed by atoms with Gasteiger partial charge in [-0.15, -0.1) is 0 Å². The maximum Gasteiger partial charge on any atom is 0.391 e. The molecule has 1 unspecified atom stereocenters. The molecule has 0 radical (unpaired) electrons. The van der Waals surface area contributed by atoms with Crippen molar-refractivity contribution in [1.29, 1.82) is 0 Å². The van der Waals surface area contributed by atoms with Crippen molar-refractivity contribution in [2.45, 2.75) is 25.6 Å². The minimum absolute atomic E-state index is 0.550. The summed E-state index contributed by atoms with van der Waals surface area (Å²) < 4.78 is 37.7. The van der Waals surface area contributed by atoms with Crippen molar-refractivity contribution in [3.05, 3.63) is 29.0 Å². The molecular weight excluding hydrogens is 323 g/mol. The van der Waals surface area contributed by atoms with Gasteiger partial charge in [0, 0.05) is 22.9 Å². The molecule has 2 aromatic heterocycles. The molecule has 0 aromatic carbocycles. The number of aromatic nitrogens is 2. The Morgan fingerprint density at radius 1 is 1.37 bits per heavy atom. The fraction of sp³-hybridized carbons (Fsp3) is 0.333.